The molecule has 2 heteroatoms. The fraction of sp³-hybridized carbons (Fsp3) is 0.800. The molecular weight excluding hydrogens is 168 g/mol. The van der Waals surface area contributed by atoms with Crippen LogP contribution in [0.1, 0.15) is 40.0 Å². The van der Waals surface area contributed by atoms with Crippen molar-refractivity contribution in [3.63, 3.8) is 0 Å². The topological polar surface area (TPSA) is 20.2 Å². The van der Waals surface area contributed by atoms with Gasteiger partial charge in [-0.05, 0) is 33.1 Å². The maximum atomic E-state index is 8.75. The molecule has 0 aliphatic rings. The normalized spacial score (nSPS) is 15.4. The monoisotopic (exact) mass is 188 g/mol. The van der Waals surface area contributed by atoms with Crippen molar-refractivity contribution in [1.29, 1.82) is 0 Å². The van der Waals surface area contributed by atoms with Gasteiger partial charge in [-0.3, -0.25) is 0 Å². The van der Waals surface area contributed by atoms with Gasteiger partial charge >= 0.3 is 0 Å². The first-order valence-electron chi connectivity index (χ1n) is 4.44. The molecule has 0 rings (SSSR count). The summed E-state index contributed by atoms with van der Waals surface area (Å²) in [7, 11) is 0. The maximum Gasteiger partial charge on any atom is 0.0444 e. The quantitative estimate of drug-likeness (QED) is 0.502. The molecule has 12 heavy (non-hydrogen) atoms. The minimum atomic E-state index is -0.0132. The number of aliphatic hydroxyl groups is 1. The first-order chi connectivity index (χ1) is 5.48. The summed E-state index contributed by atoms with van der Waals surface area (Å²) in [6.07, 6.45) is 5.07. The first-order valence-corrected chi connectivity index (χ1v) is 4.89. The molecule has 1 unspecified atom stereocenters. The third-order valence-corrected chi connectivity index (χ3v) is 2.33. The van der Waals surface area contributed by atoms with Gasteiger partial charge in [-0.2, -0.15) is 12.6 Å². The van der Waals surface area contributed by atoms with E-state index >= 15 is 0 Å². The Morgan fingerprint density at radius 1 is 1.42 bits per heavy atom. The van der Waals surface area contributed by atoms with E-state index in [-0.39, 0.29) is 11.4 Å². The predicted molar refractivity (Wildman–Crippen MR) is 57.8 cm³/mol. The minimum absolute atomic E-state index is 0.0132. The predicted octanol–water partition coefficient (Wildman–Crippen LogP) is 2.80. The standard InChI is InChI=1S/C10H20OS/c1-9(2)5-4-6-10(3,12)7-8-11/h5,11-12H,4,6-8H2,1-3H3. The highest BCUT2D eigenvalue weighted by Crippen LogP contribution is 2.24. The highest BCUT2D eigenvalue weighted by molar-refractivity contribution is 7.81. The highest BCUT2D eigenvalue weighted by Gasteiger charge is 2.16. The Labute approximate surface area is 81.3 Å². The largest absolute Gasteiger partial charge is 0.396 e. The average Bonchev–Trinajstić information content (AvgIpc) is 1.85. The summed E-state index contributed by atoms with van der Waals surface area (Å²) >= 11 is 4.48. The van der Waals surface area contributed by atoms with E-state index in [0.29, 0.717) is 0 Å². The van der Waals surface area contributed by atoms with Crippen LogP contribution in [0.2, 0.25) is 0 Å². The second-order valence-corrected chi connectivity index (χ2v) is 4.87. The number of allylic oxidation sites excluding steroid dienone is 2. The van der Waals surface area contributed by atoms with Crippen LogP contribution in [0.15, 0.2) is 11.6 Å². The van der Waals surface area contributed by atoms with Gasteiger partial charge in [0.25, 0.3) is 0 Å². The van der Waals surface area contributed by atoms with Crippen LogP contribution in [0.4, 0.5) is 0 Å². The van der Waals surface area contributed by atoms with E-state index in [1.54, 1.807) is 0 Å². The fourth-order valence-corrected chi connectivity index (χ4v) is 1.27. The van der Waals surface area contributed by atoms with Gasteiger partial charge in [0.15, 0.2) is 0 Å². The van der Waals surface area contributed by atoms with Crippen molar-refractivity contribution < 1.29 is 5.11 Å². The summed E-state index contributed by atoms with van der Waals surface area (Å²) in [6.45, 7) is 6.50. The number of aliphatic hydroxyl groups excluding tert-OH is 1. The lowest BCUT2D eigenvalue weighted by Gasteiger charge is -2.21. The smallest absolute Gasteiger partial charge is 0.0444 e. The second kappa shape index (κ2) is 5.65. The molecule has 0 aromatic heterocycles. The van der Waals surface area contributed by atoms with Crippen molar-refractivity contribution in [2.24, 2.45) is 0 Å². The van der Waals surface area contributed by atoms with Gasteiger partial charge < -0.3 is 5.11 Å². The van der Waals surface area contributed by atoms with Crippen molar-refractivity contribution >= 4 is 12.6 Å². The van der Waals surface area contributed by atoms with Gasteiger partial charge in [0.05, 0.1) is 0 Å². The molecule has 0 bridgehead atoms. The number of hydrogen-bond donors (Lipinski definition) is 2. The zero-order valence-electron chi connectivity index (χ0n) is 8.30. The van der Waals surface area contributed by atoms with E-state index < -0.39 is 0 Å². The summed E-state index contributed by atoms with van der Waals surface area (Å²) in [6, 6.07) is 0. The van der Waals surface area contributed by atoms with E-state index in [0.717, 1.165) is 19.3 Å². The van der Waals surface area contributed by atoms with Gasteiger partial charge in [-0.15, -0.1) is 0 Å². The van der Waals surface area contributed by atoms with Crippen molar-refractivity contribution in [2.45, 2.75) is 44.8 Å². The van der Waals surface area contributed by atoms with Gasteiger partial charge in [0.2, 0.25) is 0 Å². The van der Waals surface area contributed by atoms with E-state index in [1.165, 1.54) is 5.57 Å². The van der Waals surface area contributed by atoms with Crippen molar-refractivity contribution in [3.05, 3.63) is 11.6 Å². The Hall–Kier alpha value is 0.0500. The van der Waals surface area contributed by atoms with Crippen LogP contribution in [0.25, 0.3) is 0 Å². The van der Waals surface area contributed by atoms with Crippen LogP contribution >= 0.6 is 12.6 Å². The van der Waals surface area contributed by atoms with Crippen LogP contribution in [-0.2, 0) is 0 Å². The first kappa shape index (κ1) is 12.0. The molecule has 1 atom stereocenters. The summed E-state index contributed by atoms with van der Waals surface area (Å²) in [5.74, 6) is 0. The summed E-state index contributed by atoms with van der Waals surface area (Å²) < 4.78 is -0.0132. The number of hydrogen-bond acceptors (Lipinski definition) is 2. The van der Waals surface area contributed by atoms with Crippen molar-refractivity contribution in [1.82, 2.24) is 0 Å². The maximum absolute atomic E-state index is 8.75. The van der Waals surface area contributed by atoms with E-state index in [9.17, 15) is 0 Å². The van der Waals surface area contributed by atoms with Crippen molar-refractivity contribution in [2.75, 3.05) is 6.61 Å². The number of thiol groups is 1. The Morgan fingerprint density at radius 2 is 2.00 bits per heavy atom. The molecule has 0 spiro atoms. The Balaban J connectivity index is 3.68. The van der Waals surface area contributed by atoms with Crippen LogP contribution in [0.5, 0.6) is 0 Å². The molecule has 0 heterocycles. The Bertz CT molecular complexity index is 146. The zero-order valence-corrected chi connectivity index (χ0v) is 9.19. The Morgan fingerprint density at radius 3 is 2.42 bits per heavy atom. The molecule has 0 fully saturated rings. The molecule has 0 amide bonds. The lowest BCUT2D eigenvalue weighted by atomic mass is 10.0. The lowest BCUT2D eigenvalue weighted by molar-refractivity contribution is 0.269. The molecule has 0 saturated carbocycles. The molecular formula is C10H20OS. The zero-order chi connectivity index (χ0) is 9.61. The molecule has 0 aliphatic heterocycles. The van der Waals surface area contributed by atoms with Crippen molar-refractivity contribution in [3.8, 4) is 0 Å². The molecule has 0 aliphatic carbocycles. The SMILES string of the molecule is CC(C)=CCCC(C)(S)CCO. The third kappa shape index (κ3) is 6.74. The van der Waals surface area contributed by atoms with E-state index in [4.69, 9.17) is 5.11 Å². The summed E-state index contributed by atoms with van der Waals surface area (Å²) in [5, 5.41) is 8.75. The van der Waals surface area contributed by atoms with Gasteiger partial charge in [0.1, 0.15) is 0 Å². The third-order valence-electron chi connectivity index (χ3n) is 1.89. The van der Waals surface area contributed by atoms with E-state index in [2.05, 4.69) is 39.5 Å². The van der Waals surface area contributed by atoms with Crippen LogP contribution in [0, 0.1) is 0 Å². The van der Waals surface area contributed by atoms with Crippen LogP contribution < -0.4 is 0 Å². The number of rotatable bonds is 5. The van der Waals surface area contributed by atoms with Crippen LogP contribution in [-0.4, -0.2) is 16.5 Å². The molecule has 1 nitrogen and oxygen atoms in total. The molecule has 0 saturated heterocycles. The summed E-state index contributed by atoms with van der Waals surface area (Å²) in [4.78, 5) is 0. The Kier molecular flexibility index (Phi) is 5.68. The van der Waals surface area contributed by atoms with Gasteiger partial charge in [-0.1, -0.05) is 18.6 Å². The molecule has 0 radical (unpaired) electrons. The van der Waals surface area contributed by atoms with Gasteiger partial charge in [0, 0.05) is 11.4 Å². The molecule has 1 N–H and O–H groups in total. The fourth-order valence-electron chi connectivity index (χ4n) is 1.04. The van der Waals surface area contributed by atoms with E-state index in [1.807, 2.05) is 0 Å². The van der Waals surface area contributed by atoms with Gasteiger partial charge in [-0.25, -0.2) is 0 Å². The second-order valence-electron chi connectivity index (χ2n) is 3.79. The molecule has 0 aromatic carbocycles. The highest BCUT2D eigenvalue weighted by atomic mass is 32.1. The van der Waals surface area contributed by atoms with Crippen LogP contribution in [0.3, 0.4) is 0 Å². The minimum Gasteiger partial charge on any atom is -0.396 e. The summed E-state index contributed by atoms with van der Waals surface area (Å²) in [5.41, 5.74) is 1.35. The lowest BCUT2D eigenvalue weighted by Crippen LogP contribution is -2.17. The molecule has 0 aromatic rings. The molecule has 72 valence electrons. The average molecular weight is 188 g/mol.